The van der Waals surface area contributed by atoms with Crippen molar-refractivity contribution in [2.24, 2.45) is 0 Å². The topological polar surface area (TPSA) is 81.5 Å². The van der Waals surface area contributed by atoms with Gasteiger partial charge >= 0.3 is 0 Å². The Hall–Kier alpha value is -2.60. The van der Waals surface area contributed by atoms with E-state index in [9.17, 15) is 14.9 Å². The van der Waals surface area contributed by atoms with Gasteiger partial charge in [-0.3, -0.25) is 14.9 Å². The van der Waals surface area contributed by atoms with Gasteiger partial charge in [0.2, 0.25) is 0 Å². The number of nitrogens with zero attached hydrogens (tertiary/aromatic N) is 1. The van der Waals surface area contributed by atoms with Gasteiger partial charge in [0, 0.05) is 17.2 Å². The van der Waals surface area contributed by atoms with Crippen molar-refractivity contribution in [1.29, 1.82) is 0 Å². The lowest BCUT2D eigenvalue weighted by Gasteiger charge is -2.18. The van der Waals surface area contributed by atoms with Crippen LogP contribution in [0.4, 0.5) is 11.4 Å². The number of carbonyl (C=O) groups is 1. The number of anilines is 1. The summed E-state index contributed by atoms with van der Waals surface area (Å²) in [6, 6.07) is 11.1. The standard InChI is InChI=1S/C17H17ClN2O4/c1-3-16(24-14-6-4-5-12(18)9-14)17(21)19-15-10-13(20(22)23)8-7-11(15)2/h4-10,16H,3H2,1-2H3,(H,19,21)/t16-/m0/s1. The molecule has 0 saturated heterocycles. The third-order valence-corrected chi connectivity index (χ3v) is 3.66. The molecule has 0 aromatic heterocycles. The monoisotopic (exact) mass is 348 g/mol. The number of ether oxygens (including phenoxy) is 1. The molecule has 0 aliphatic heterocycles. The maximum absolute atomic E-state index is 12.4. The normalized spacial score (nSPS) is 11.6. The van der Waals surface area contributed by atoms with Gasteiger partial charge in [-0.15, -0.1) is 0 Å². The predicted molar refractivity (Wildman–Crippen MR) is 92.6 cm³/mol. The lowest BCUT2D eigenvalue weighted by Crippen LogP contribution is -2.32. The molecular formula is C17H17ClN2O4. The molecule has 0 bridgehead atoms. The van der Waals surface area contributed by atoms with Gasteiger partial charge in [0.15, 0.2) is 6.10 Å². The first-order valence-corrected chi connectivity index (χ1v) is 7.76. The van der Waals surface area contributed by atoms with Crippen molar-refractivity contribution in [2.75, 3.05) is 5.32 Å². The smallest absolute Gasteiger partial charge is 0.271 e. The summed E-state index contributed by atoms with van der Waals surface area (Å²) in [6.45, 7) is 3.58. The number of nitro benzene ring substituents is 1. The van der Waals surface area contributed by atoms with Gasteiger partial charge in [0.25, 0.3) is 11.6 Å². The summed E-state index contributed by atoms with van der Waals surface area (Å²) in [7, 11) is 0. The highest BCUT2D eigenvalue weighted by Gasteiger charge is 2.20. The second-order valence-corrected chi connectivity index (χ2v) is 5.65. The van der Waals surface area contributed by atoms with E-state index < -0.39 is 11.0 Å². The Labute approximate surface area is 144 Å². The van der Waals surface area contributed by atoms with E-state index >= 15 is 0 Å². The van der Waals surface area contributed by atoms with Crippen LogP contribution in [-0.4, -0.2) is 16.9 Å². The number of benzene rings is 2. The number of hydrogen-bond donors (Lipinski definition) is 1. The highest BCUT2D eigenvalue weighted by Crippen LogP contribution is 2.23. The zero-order chi connectivity index (χ0) is 17.7. The first-order chi connectivity index (χ1) is 11.4. The second kappa shape index (κ2) is 7.79. The van der Waals surface area contributed by atoms with Crippen LogP contribution < -0.4 is 10.1 Å². The lowest BCUT2D eigenvalue weighted by atomic mass is 10.1. The molecule has 2 aromatic rings. The molecule has 24 heavy (non-hydrogen) atoms. The minimum absolute atomic E-state index is 0.0836. The molecule has 2 aromatic carbocycles. The number of carbonyl (C=O) groups excluding carboxylic acids is 1. The van der Waals surface area contributed by atoms with Crippen LogP contribution in [0.3, 0.4) is 0 Å². The third-order valence-electron chi connectivity index (χ3n) is 3.43. The van der Waals surface area contributed by atoms with Crippen molar-refractivity contribution < 1.29 is 14.5 Å². The fourth-order valence-electron chi connectivity index (χ4n) is 2.10. The van der Waals surface area contributed by atoms with Crippen molar-refractivity contribution in [1.82, 2.24) is 0 Å². The van der Waals surface area contributed by atoms with Crippen molar-refractivity contribution >= 4 is 28.9 Å². The van der Waals surface area contributed by atoms with Crippen LogP contribution in [0.5, 0.6) is 5.75 Å². The predicted octanol–water partition coefficient (Wildman–Crippen LogP) is 4.35. The molecule has 7 heteroatoms. The quantitative estimate of drug-likeness (QED) is 0.621. The molecule has 2 rings (SSSR count). The Morgan fingerprint density at radius 1 is 1.33 bits per heavy atom. The first-order valence-electron chi connectivity index (χ1n) is 7.39. The van der Waals surface area contributed by atoms with E-state index in [0.29, 0.717) is 22.9 Å². The van der Waals surface area contributed by atoms with Crippen molar-refractivity contribution in [3.63, 3.8) is 0 Å². The molecule has 0 aliphatic carbocycles. The van der Waals surface area contributed by atoms with E-state index in [1.165, 1.54) is 12.1 Å². The highest BCUT2D eigenvalue weighted by atomic mass is 35.5. The fourth-order valence-corrected chi connectivity index (χ4v) is 2.28. The van der Waals surface area contributed by atoms with Crippen LogP contribution in [-0.2, 0) is 4.79 Å². The molecule has 6 nitrogen and oxygen atoms in total. The average molecular weight is 349 g/mol. The summed E-state index contributed by atoms with van der Waals surface area (Å²) >= 11 is 5.90. The summed E-state index contributed by atoms with van der Waals surface area (Å²) in [6.07, 6.45) is -0.297. The van der Waals surface area contributed by atoms with Crippen LogP contribution in [0.15, 0.2) is 42.5 Å². The molecule has 0 aliphatic rings. The van der Waals surface area contributed by atoms with Gasteiger partial charge in [-0.25, -0.2) is 0 Å². The molecule has 1 atom stereocenters. The van der Waals surface area contributed by atoms with Crippen LogP contribution >= 0.6 is 11.6 Å². The number of rotatable bonds is 6. The fraction of sp³-hybridized carbons (Fsp3) is 0.235. The van der Waals surface area contributed by atoms with E-state index in [1.54, 1.807) is 37.3 Å². The minimum Gasteiger partial charge on any atom is -0.481 e. The summed E-state index contributed by atoms with van der Waals surface area (Å²) in [4.78, 5) is 22.8. The van der Waals surface area contributed by atoms with Crippen molar-refractivity contribution in [3.05, 3.63) is 63.2 Å². The molecule has 0 heterocycles. The Balaban J connectivity index is 2.15. The Morgan fingerprint density at radius 3 is 2.71 bits per heavy atom. The molecule has 0 saturated carbocycles. The third kappa shape index (κ3) is 4.45. The number of nitrogens with one attached hydrogen (secondary N) is 1. The lowest BCUT2D eigenvalue weighted by molar-refractivity contribution is -0.384. The maximum atomic E-state index is 12.4. The van der Waals surface area contributed by atoms with E-state index in [0.717, 1.165) is 5.56 Å². The SMILES string of the molecule is CC[C@H](Oc1cccc(Cl)c1)C(=O)Nc1cc([N+](=O)[O-])ccc1C. The van der Waals surface area contributed by atoms with Gasteiger partial charge in [-0.2, -0.15) is 0 Å². The molecule has 0 fully saturated rings. The van der Waals surface area contributed by atoms with Crippen LogP contribution in [0.2, 0.25) is 5.02 Å². The Bertz CT molecular complexity index is 764. The average Bonchev–Trinajstić information content (AvgIpc) is 2.54. The Morgan fingerprint density at radius 2 is 2.08 bits per heavy atom. The minimum atomic E-state index is -0.734. The summed E-state index contributed by atoms with van der Waals surface area (Å²) in [5, 5.41) is 14.1. The molecule has 0 radical (unpaired) electrons. The van der Waals surface area contributed by atoms with Crippen molar-refractivity contribution in [3.8, 4) is 5.75 Å². The number of non-ortho nitro benzene ring substituents is 1. The number of aryl methyl sites for hydroxylation is 1. The van der Waals surface area contributed by atoms with Gasteiger partial charge in [0.1, 0.15) is 5.75 Å². The van der Waals surface area contributed by atoms with Gasteiger partial charge in [-0.1, -0.05) is 30.7 Å². The van der Waals surface area contributed by atoms with E-state index in [4.69, 9.17) is 16.3 Å². The molecule has 0 spiro atoms. The first kappa shape index (κ1) is 17.7. The zero-order valence-corrected chi connectivity index (χ0v) is 14.0. The van der Waals surface area contributed by atoms with E-state index in [-0.39, 0.29) is 11.6 Å². The number of nitro groups is 1. The van der Waals surface area contributed by atoms with Crippen LogP contribution in [0.1, 0.15) is 18.9 Å². The molecule has 0 unspecified atom stereocenters. The van der Waals surface area contributed by atoms with E-state index in [2.05, 4.69) is 5.32 Å². The van der Waals surface area contributed by atoms with Gasteiger partial charge in [-0.05, 0) is 37.1 Å². The van der Waals surface area contributed by atoms with Gasteiger partial charge < -0.3 is 10.1 Å². The second-order valence-electron chi connectivity index (χ2n) is 5.22. The summed E-state index contributed by atoms with van der Waals surface area (Å²) in [5.74, 6) is 0.112. The molecule has 126 valence electrons. The molecule has 1 N–H and O–H groups in total. The Kier molecular flexibility index (Phi) is 5.76. The summed E-state index contributed by atoms with van der Waals surface area (Å²) in [5.41, 5.74) is 1.04. The number of hydrogen-bond acceptors (Lipinski definition) is 4. The number of halogens is 1. The number of amides is 1. The van der Waals surface area contributed by atoms with Crippen molar-refractivity contribution in [2.45, 2.75) is 26.4 Å². The van der Waals surface area contributed by atoms with Crippen LogP contribution in [0.25, 0.3) is 0 Å². The van der Waals surface area contributed by atoms with Crippen LogP contribution in [0, 0.1) is 17.0 Å². The highest BCUT2D eigenvalue weighted by molar-refractivity contribution is 6.30. The molecule has 1 amide bonds. The largest absolute Gasteiger partial charge is 0.481 e. The van der Waals surface area contributed by atoms with Gasteiger partial charge in [0.05, 0.1) is 10.6 Å². The zero-order valence-electron chi connectivity index (χ0n) is 13.3. The van der Waals surface area contributed by atoms with E-state index in [1.807, 2.05) is 6.92 Å². The maximum Gasteiger partial charge on any atom is 0.271 e. The molecular weight excluding hydrogens is 332 g/mol. The summed E-state index contributed by atoms with van der Waals surface area (Å²) < 4.78 is 5.67.